The van der Waals surface area contributed by atoms with E-state index in [4.69, 9.17) is 5.73 Å². The molecule has 3 aromatic rings. The molecule has 25 heavy (non-hydrogen) atoms. The SMILES string of the molecule is Cc1ccc2nc(S[C@H](C)C(=O)Nc3ccc(C(N)=O)cc3)[nH]c2c1. The molecule has 0 bridgehead atoms. The lowest BCUT2D eigenvalue weighted by atomic mass is 10.2. The van der Waals surface area contributed by atoms with Crippen molar-refractivity contribution in [2.45, 2.75) is 24.3 Å². The first-order valence-electron chi connectivity index (χ1n) is 7.76. The van der Waals surface area contributed by atoms with Gasteiger partial charge >= 0.3 is 0 Å². The fourth-order valence-corrected chi connectivity index (χ4v) is 3.16. The number of hydrogen-bond acceptors (Lipinski definition) is 4. The molecule has 0 unspecified atom stereocenters. The van der Waals surface area contributed by atoms with Gasteiger partial charge in [0, 0.05) is 11.3 Å². The summed E-state index contributed by atoms with van der Waals surface area (Å²) >= 11 is 1.36. The highest BCUT2D eigenvalue weighted by atomic mass is 32.2. The minimum absolute atomic E-state index is 0.145. The lowest BCUT2D eigenvalue weighted by molar-refractivity contribution is -0.115. The number of aromatic nitrogens is 2. The van der Waals surface area contributed by atoms with Gasteiger partial charge < -0.3 is 16.0 Å². The molecule has 2 aromatic carbocycles. The van der Waals surface area contributed by atoms with Crippen molar-refractivity contribution in [2.24, 2.45) is 5.73 Å². The van der Waals surface area contributed by atoms with Gasteiger partial charge in [0.25, 0.3) is 0 Å². The molecule has 0 aliphatic heterocycles. The Morgan fingerprint density at radius 1 is 1.20 bits per heavy atom. The number of fused-ring (bicyclic) bond motifs is 1. The lowest BCUT2D eigenvalue weighted by Gasteiger charge is -2.10. The van der Waals surface area contributed by atoms with E-state index >= 15 is 0 Å². The summed E-state index contributed by atoms with van der Waals surface area (Å²) in [7, 11) is 0. The topological polar surface area (TPSA) is 101 Å². The number of carbonyl (C=O) groups excluding carboxylic acids is 2. The molecule has 0 fully saturated rings. The van der Waals surface area contributed by atoms with Crippen LogP contribution in [0.15, 0.2) is 47.6 Å². The highest BCUT2D eigenvalue weighted by Crippen LogP contribution is 2.25. The quantitative estimate of drug-likeness (QED) is 0.613. The molecular formula is C18H18N4O2S. The predicted octanol–water partition coefficient (Wildman–Crippen LogP) is 3.09. The van der Waals surface area contributed by atoms with E-state index in [9.17, 15) is 9.59 Å². The van der Waals surface area contributed by atoms with Gasteiger partial charge in [0.1, 0.15) is 0 Å². The molecule has 7 heteroatoms. The van der Waals surface area contributed by atoms with Gasteiger partial charge in [-0.05, 0) is 55.8 Å². The Kier molecular flexibility index (Phi) is 4.76. The maximum Gasteiger partial charge on any atom is 0.248 e. The van der Waals surface area contributed by atoms with Gasteiger partial charge in [0.05, 0.1) is 16.3 Å². The normalized spacial score (nSPS) is 12.1. The van der Waals surface area contributed by atoms with Crippen LogP contribution in [-0.2, 0) is 4.79 Å². The molecule has 0 aliphatic rings. The zero-order chi connectivity index (χ0) is 18.0. The maximum absolute atomic E-state index is 12.3. The van der Waals surface area contributed by atoms with Gasteiger partial charge in [0.2, 0.25) is 11.8 Å². The van der Waals surface area contributed by atoms with Gasteiger partial charge in [-0.25, -0.2) is 4.98 Å². The van der Waals surface area contributed by atoms with Crippen LogP contribution in [0.5, 0.6) is 0 Å². The number of amides is 2. The van der Waals surface area contributed by atoms with Crippen LogP contribution in [0.1, 0.15) is 22.8 Å². The number of nitrogens with two attached hydrogens (primary N) is 1. The monoisotopic (exact) mass is 354 g/mol. The summed E-state index contributed by atoms with van der Waals surface area (Å²) in [5.74, 6) is -0.643. The van der Waals surface area contributed by atoms with Crippen LogP contribution in [0.25, 0.3) is 11.0 Å². The minimum Gasteiger partial charge on any atom is -0.366 e. The smallest absolute Gasteiger partial charge is 0.248 e. The molecule has 1 atom stereocenters. The number of primary amides is 1. The Hall–Kier alpha value is -2.80. The molecule has 0 saturated carbocycles. The highest BCUT2D eigenvalue weighted by molar-refractivity contribution is 8.00. The minimum atomic E-state index is -0.498. The molecular weight excluding hydrogens is 336 g/mol. The Labute approximate surface area is 149 Å². The molecule has 3 rings (SSSR count). The van der Waals surface area contributed by atoms with E-state index in [0.29, 0.717) is 16.4 Å². The lowest BCUT2D eigenvalue weighted by Crippen LogP contribution is -2.22. The second kappa shape index (κ2) is 6.98. The molecule has 6 nitrogen and oxygen atoms in total. The van der Waals surface area contributed by atoms with Gasteiger partial charge in [-0.15, -0.1) is 0 Å². The first-order valence-corrected chi connectivity index (χ1v) is 8.64. The maximum atomic E-state index is 12.3. The first kappa shape index (κ1) is 17.0. The summed E-state index contributed by atoms with van der Waals surface area (Å²) in [5.41, 5.74) is 9.20. The van der Waals surface area contributed by atoms with E-state index in [2.05, 4.69) is 15.3 Å². The first-order chi connectivity index (χ1) is 11.9. The average Bonchev–Trinajstić information content (AvgIpc) is 2.96. The fraction of sp³-hybridized carbons (Fsp3) is 0.167. The summed E-state index contributed by atoms with van der Waals surface area (Å²) in [6.07, 6.45) is 0. The molecule has 128 valence electrons. The second-order valence-electron chi connectivity index (χ2n) is 5.75. The summed E-state index contributed by atoms with van der Waals surface area (Å²) in [6.45, 7) is 3.84. The van der Waals surface area contributed by atoms with E-state index in [-0.39, 0.29) is 11.2 Å². The summed E-state index contributed by atoms with van der Waals surface area (Å²) in [4.78, 5) is 31.1. The van der Waals surface area contributed by atoms with Crippen LogP contribution >= 0.6 is 11.8 Å². The van der Waals surface area contributed by atoms with Crippen LogP contribution in [0, 0.1) is 6.92 Å². The Morgan fingerprint density at radius 2 is 1.92 bits per heavy atom. The average molecular weight is 354 g/mol. The number of carbonyl (C=O) groups is 2. The number of nitrogens with zero attached hydrogens (tertiary/aromatic N) is 1. The number of benzene rings is 2. The van der Waals surface area contributed by atoms with Crippen molar-refractivity contribution in [3.8, 4) is 0 Å². The van der Waals surface area contributed by atoms with Crippen molar-refractivity contribution in [3.05, 3.63) is 53.6 Å². The van der Waals surface area contributed by atoms with Crippen molar-refractivity contribution in [3.63, 3.8) is 0 Å². The molecule has 0 radical (unpaired) electrons. The van der Waals surface area contributed by atoms with Crippen molar-refractivity contribution in [2.75, 3.05) is 5.32 Å². The van der Waals surface area contributed by atoms with Crippen molar-refractivity contribution >= 4 is 40.3 Å². The Morgan fingerprint density at radius 3 is 2.60 bits per heavy atom. The molecule has 1 aromatic heterocycles. The van der Waals surface area contributed by atoms with Crippen LogP contribution in [0.2, 0.25) is 0 Å². The highest BCUT2D eigenvalue weighted by Gasteiger charge is 2.17. The molecule has 1 heterocycles. The van der Waals surface area contributed by atoms with Crippen LogP contribution in [0.4, 0.5) is 5.69 Å². The number of nitrogens with one attached hydrogen (secondary N) is 2. The van der Waals surface area contributed by atoms with E-state index in [1.54, 1.807) is 24.3 Å². The Balaban J connectivity index is 1.66. The van der Waals surface area contributed by atoms with E-state index in [1.165, 1.54) is 11.8 Å². The van der Waals surface area contributed by atoms with Crippen LogP contribution in [0.3, 0.4) is 0 Å². The number of hydrogen-bond donors (Lipinski definition) is 3. The number of aromatic amines is 1. The number of aryl methyl sites for hydroxylation is 1. The zero-order valence-corrected chi connectivity index (χ0v) is 14.7. The van der Waals surface area contributed by atoms with E-state index in [1.807, 2.05) is 32.0 Å². The third-order valence-corrected chi connectivity index (χ3v) is 4.69. The summed E-state index contributed by atoms with van der Waals surface area (Å²) < 4.78 is 0. The van der Waals surface area contributed by atoms with Crippen molar-refractivity contribution < 1.29 is 9.59 Å². The van der Waals surface area contributed by atoms with Crippen LogP contribution < -0.4 is 11.1 Å². The van der Waals surface area contributed by atoms with Crippen molar-refractivity contribution in [1.82, 2.24) is 9.97 Å². The number of thioether (sulfide) groups is 1. The van der Waals surface area contributed by atoms with Gasteiger partial charge in [-0.1, -0.05) is 17.8 Å². The predicted molar refractivity (Wildman–Crippen MR) is 99.7 cm³/mol. The van der Waals surface area contributed by atoms with Gasteiger partial charge in [0.15, 0.2) is 5.16 Å². The van der Waals surface area contributed by atoms with Crippen LogP contribution in [-0.4, -0.2) is 27.0 Å². The molecule has 0 spiro atoms. The fourth-order valence-electron chi connectivity index (χ4n) is 2.34. The number of imidazole rings is 1. The van der Waals surface area contributed by atoms with Gasteiger partial charge in [-0.2, -0.15) is 0 Å². The number of anilines is 1. The number of rotatable bonds is 5. The Bertz CT molecular complexity index is 934. The van der Waals surface area contributed by atoms with E-state index < -0.39 is 5.91 Å². The molecule has 0 aliphatic carbocycles. The summed E-state index contributed by atoms with van der Waals surface area (Å²) in [6, 6.07) is 12.4. The molecule has 4 N–H and O–H groups in total. The molecule has 2 amide bonds. The standard InChI is InChI=1S/C18H18N4O2S/c1-10-3-8-14-15(9-10)22-18(21-14)25-11(2)17(24)20-13-6-4-12(5-7-13)16(19)23/h3-9,11H,1-2H3,(H2,19,23)(H,20,24)(H,21,22)/t11-/m1/s1. The molecule has 0 saturated heterocycles. The van der Waals surface area contributed by atoms with Gasteiger partial charge in [-0.3, -0.25) is 9.59 Å². The number of H-pyrrole nitrogens is 1. The van der Waals surface area contributed by atoms with E-state index in [0.717, 1.165) is 16.6 Å². The third-order valence-electron chi connectivity index (χ3n) is 3.71. The zero-order valence-electron chi connectivity index (χ0n) is 13.9. The van der Waals surface area contributed by atoms with Crippen molar-refractivity contribution in [1.29, 1.82) is 0 Å². The summed E-state index contributed by atoms with van der Waals surface area (Å²) in [5, 5.41) is 3.18. The second-order valence-corrected chi connectivity index (χ2v) is 7.08. The largest absolute Gasteiger partial charge is 0.366 e. The third kappa shape index (κ3) is 4.00.